The SMILES string of the molecule is O=C(CN1CCC(C2CCCN2)CC1)Nc1ccc2c(c1)OCO2. The number of hydrogen-bond donors (Lipinski definition) is 2. The van der Waals surface area contributed by atoms with E-state index in [9.17, 15) is 4.79 Å². The number of amides is 1. The van der Waals surface area contributed by atoms with Gasteiger partial charge >= 0.3 is 0 Å². The van der Waals surface area contributed by atoms with Gasteiger partial charge in [0, 0.05) is 17.8 Å². The second kappa shape index (κ2) is 6.99. The van der Waals surface area contributed by atoms with E-state index in [-0.39, 0.29) is 12.7 Å². The van der Waals surface area contributed by atoms with Gasteiger partial charge in [0.2, 0.25) is 12.7 Å². The molecule has 3 aliphatic rings. The highest BCUT2D eigenvalue weighted by Gasteiger charge is 2.28. The van der Waals surface area contributed by atoms with Crippen LogP contribution in [0, 0.1) is 5.92 Å². The molecule has 0 bridgehead atoms. The Morgan fingerprint density at radius 2 is 2.04 bits per heavy atom. The van der Waals surface area contributed by atoms with Crippen LogP contribution in [0.25, 0.3) is 0 Å². The Bertz CT molecular complexity index is 593. The second-order valence-corrected chi connectivity index (χ2v) is 6.93. The average Bonchev–Trinajstić information content (AvgIpc) is 3.26. The fourth-order valence-corrected chi connectivity index (χ4v) is 4.01. The molecule has 6 nitrogen and oxygen atoms in total. The molecular formula is C18H25N3O3. The summed E-state index contributed by atoms with van der Waals surface area (Å²) in [6.45, 7) is 3.90. The molecule has 0 radical (unpaired) electrons. The van der Waals surface area contributed by atoms with E-state index >= 15 is 0 Å². The highest BCUT2D eigenvalue weighted by molar-refractivity contribution is 5.92. The Balaban J connectivity index is 1.25. The number of nitrogens with one attached hydrogen (secondary N) is 2. The van der Waals surface area contributed by atoms with Gasteiger partial charge in [0.1, 0.15) is 0 Å². The molecule has 0 aromatic heterocycles. The summed E-state index contributed by atoms with van der Waals surface area (Å²) in [5.41, 5.74) is 0.759. The molecule has 0 aliphatic carbocycles. The molecule has 6 heteroatoms. The first-order valence-electron chi connectivity index (χ1n) is 8.93. The van der Waals surface area contributed by atoms with Crippen LogP contribution >= 0.6 is 0 Å². The molecule has 3 heterocycles. The number of rotatable bonds is 4. The summed E-state index contributed by atoms with van der Waals surface area (Å²) in [6.07, 6.45) is 5.00. The summed E-state index contributed by atoms with van der Waals surface area (Å²) in [5, 5.41) is 6.57. The van der Waals surface area contributed by atoms with Crippen LogP contribution < -0.4 is 20.1 Å². The van der Waals surface area contributed by atoms with Crippen molar-refractivity contribution in [2.45, 2.75) is 31.7 Å². The summed E-state index contributed by atoms with van der Waals surface area (Å²) in [6, 6.07) is 6.20. The molecular weight excluding hydrogens is 306 g/mol. The molecule has 0 saturated carbocycles. The topological polar surface area (TPSA) is 62.8 Å². The van der Waals surface area contributed by atoms with Crippen LogP contribution in [0.2, 0.25) is 0 Å². The minimum atomic E-state index is 0.0336. The number of nitrogens with zero attached hydrogens (tertiary/aromatic N) is 1. The van der Waals surface area contributed by atoms with E-state index in [0.717, 1.165) is 30.4 Å². The maximum Gasteiger partial charge on any atom is 0.238 e. The van der Waals surface area contributed by atoms with Crippen LogP contribution in [-0.4, -0.2) is 49.8 Å². The third-order valence-electron chi connectivity index (χ3n) is 5.32. The van der Waals surface area contributed by atoms with Crippen molar-refractivity contribution in [2.75, 3.05) is 38.3 Å². The molecule has 24 heavy (non-hydrogen) atoms. The summed E-state index contributed by atoms with van der Waals surface area (Å²) < 4.78 is 10.6. The van der Waals surface area contributed by atoms with Gasteiger partial charge < -0.3 is 20.1 Å². The number of carbonyl (C=O) groups excluding carboxylic acids is 1. The highest BCUT2D eigenvalue weighted by atomic mass is 16.7. The fourth-order valence-electron chi connectivity index (χ4n) is 4.01. The molecule has 3 aliphatic heterocycles. The van der Waals surface area contributed by atoms with Gasteiger partial charge in [-0.3, -0.25) is 9.69 Å². The van der Waals surface area contributed by atoms with E-state index in [2.05, 4.69) is 15.5 Å². The summed E-state index contributed by atoms with van der Waals surface area (Å²) in [7, 11) is 0. The van der Waals surface area contributed by atoms with Crippen molar-refractivity contribution in [1.29, 1.82) is 0 Å². The number of fused-ring (bicyclic) bond motifs is 1. The molecule has 1 aromatic carbocycles. The minimum Gasteiger partial charge on any atom is -0.454 e. The summed E-state index contributed by atoms with van der Waals surface area (Å²) in [4.78, 5) is 14.5. The van der Waals surface area contributed by atoms with Crippen molar-refractivity contribution >= 4 is 11.6 Å². The molecule has 0 spiro atoms. The first-order valence-corrected chi connectivity index (χ1v) is 8.93. The lowest BCUT2D eigenvalue weighted by molar-refractivity contribution is -0.117. The van der Waals surface area contributed by atoms with Crippen molar-refractivity contribution < 1.29 is 14.3 Å². The molecule has 1 aromatic rings. The first-order chi connectivity index (χ1) is 11.8. The predicted molar refractivity (Wildman–Crippen MR) is 91.4 cm³/mol. The zero-order valence-electron chi connectivity index (χ0n) is 13.9. The third kappa shape index (κ3) is 3.49. The van der Waals surface area contributed by atoms with Gasteiger partial charge in [-0.25, -0.2) is 0 Å². The number of anilines is 1. The summed E-state index contributed by atoms with van der Waals surface area (Å²) in [5.74, 6) is 2.24. The van der Waals surface area contributed by atoms with E-state index in [1.54, 1.807) is 0 Å². The molecule has 130 valence electrons. The maximum atomic E-state index is 12.3. The monoisotopic (exact) mass is 331 g/mol. The maximum absolute atomic E-state index is 12.3. The van der Waals surface area contributed by atoms with Crippen molar-refractivity contribution in [3.8, 4) is 11.5 Å². The van der Waals surface area contributed by atoms with Crippen LogP contribution in [-0.2, 0) is 4.79 Å². The lowest BCUT2D eigenvalue weighted by atomic mass is 9.88. The molecule has 1 unspecified atom stereocenters. The molecule has 4 rings (SSSR count). The molecule has 1 atom stereocenters. The Hall–Kier alpha value is -1.79. The first kappa shape index (κ1) is 15.7. The lowest BCUT2D eigenvalue weighted by Crippen LogP contribution is -2.43. The number of carbonyl (C=O) groups is 1. The van der Waals surface area contributed by atoms with E-state index in [1.807, 2.05) is 18.2 Å². The third-order valence-corrected chi connectivity index (χ3v) is 5.32. The number of benzene rings is 1. The van der Waals surface area contributed by atoms with Crippen LogP contribution in [0.4, 0.5) is 5.69 Å². The Morgan fingerprint density at radius 1 is 1.21 bits per heavy atom. The highest BCUT2D eigenvalue weighted by Crippen LogP contribution is 2.34. The van der Waals surface area contributed by atoms with Crippen molar-refractivity contribution in [1.82, 2.24) is 10.2 Å². The predicted octanol–water partition coefficient (Wildman–Crippen LogP) is 1.82. The number of piperidine rings is 1. The number of likely N-dealkylation sites (tertiary alicyclic amines) is 1. The minimum absolute atomic E-state index is 0.0336. The number of hydrogen-bond acceptors (Lipinski definition) is 5. The fraction of sp³-hybridized carbons (Fsp3) is 0.611. The van der Waals surface area contributed by atoms with Crippen molar-refractivity contribution in [3.63, 3.8) is 0 Å². The summed E-state index contributed by atoms with van der Waals surface area (Å²) >= 11 is 0. The van der Waals surface area contributed by atoms with Gasteiger partial charge in [-0.15, -0.1) is 0 Å². The van der Waals surface area contributed by atoms with Gasteiger partial charge in [-0.1, -0.05) is 0 Å². The molecule has 2 saturated heterocycles. The Morgan fingerprint density at radius 3 is 2.83 bits per heavy atom. The van der Waals surface area contributed by atoms with Gasteiger partial charge in [0.05, 0.1) is 6.54 Å². The van der Waals surface area contributed by atoms with Crippen LogP contribution in [0.1, 0.15) is 25.7 Å². The van der Waals surface area contributed by atoms with E-state index < -0.39 is 0 Å². The molecule has 1 amide bonds. The van der Waals surface area contributed by atoms with Crippen molar-refractivity contribution in [3.05, 3.63) is 18.2 Å². The van der Waals surface area contributed by atoms with Crippen LogP contribution in [0.5, 0.6) is 11.5 Å². The number of ether oxygens (including phenoxy) is 2. The molecule has 2 N–H and O–H groups in total. The smallest absolute Gasteiger partial charge is 0.238 e. The Labute approximate surface area is 142 Å². The standard InChI is InChI=1S/C18H25N3O3/c22-18(20-14-3-4-16-17(10-14)24-12-23-16)11-21-8-5-13(6-9-21)15-2-1-7-19-15/h3-4,10,13,15,19H,1-2,5-9,11-12H2,(H,20,22). The zero-order valence-corrected chi connectivity index (χ0v) is 13.9. The normalized spacial score (nSPS) is 24.2. The van der Waals surface area contributed by atoms with Crippen molar-refractivity contribution in [2.24, 2.45) is 5.92 Å². The van der Waals surface area contributed by atoms with E-state index in [0.29, 0.717) is 18.3 Å². The zero-order chi connectivity index (χ0) is 16.4. The van der Waals surface area contributed by atoms with Crippen LogP contribution in [0.3, 0.4) is 0 Å². The van der Waals surface area contributed by atoms with E-state index in [1.165, 1.54) is 32.2 Å². The van der Waals surface area contributed by atoms with Crippen LogP contribution in [0.15, 0.2) is 18.2 Å². The van der Waals surface area contributed by atoms with Gasteiger partial charge in [-0.2, -0.15) is 0 Å². The average molecular weight is 331 g/mol. The quantitative estimate of drug-likeness (QED) is 0.881. The lowest BCUT2D eigenvalue weighted by Gasteiger charge is -2.34. The van der Waals surface area contributed by atoms with Gasteiger partial charge in [0.15, 0.2) is 11.5 Å². The second-order valence-electron chi connectivity index (χ2n) is 6.93. The van der Waals surface area contributed by atoms with E-state index in [4.69, 9.17) is 9.47 Å². The Kier molecular flexibility index (Phi) is 4.58. The molecule has 2 fully saturated rings. The largest absolute Gasteiger partial charge is 0.454 e. The van der Waals surface area contributed by atoms with Gasteiger partial charge in [-0.05, 0) is 63.4 Å². The van der Waals surface area contributed by atoms with Gasteiger partial charge in [0.25, 0.3) is 0 Å².